The molecule has 0 saturated heterocycles. The largest absolute Gasteiger partial charge is 0.315 e. The lowest BCUT2D eigenvalue weighted by atomic mass is 10.5. The second-order valence-corrected chi connectivity index (χ2v) is 6.38. The van der Waals surface area contributed by atoms with Crippen LogP contribution in [0.25, 0.3) is 0 Å². The predicted molar refractivity (Wildman–Crippen MR) is 79.4 cm³/mol. The third kappa shape index (κ3) is 4.30. The van der Waals surface area contributed by atoms with Gasteiger partial charge in [0.15, 0.2) is 0 Å². The van der Waals surface area contributed by atoms with E-state index in [-0.39, 0.29) is 4.90 Å². The summed E-state index contributed by atoms with van der Waals surface area (Å²) in [6.45, 7) is 4.41. The fourth-order valence-corrected chi connectivity index (χ4v) is 2.77. The molecule has 0 saturated carbocycles. The molecule has 0 radical (unpaired) electrons. The molecule has 0 unspecified atom stereocenters. The quantitative estimate of drug-likeness (QED) is 0.689. The number of anilines is 1. The summed E-state index contributed by atoms with van der Waals surface area (Å²) in [6, 6.07) is 0. The van der Waals surface area contributed by atoms with Crippen LogP contribution in [0.4, 0.5) is 5.69 Å². The molecule has 0 amide bonds. The minimum atomic E-state index is -3.62. The van der Waals surface area contributed by atoms with Crippen molar-refractivity contribution in [1.29, 1.82) is 0 Å². The highest BCUT2D eigenvalue weighted by molar-refractivity contribution is 7.92. The van der Waals surface area contributed by atoms with Crippen molar-refractivity contribution in [3.05, 3.63) is 24.8 Å². The molecule has 2 heterocycles. The molecule has 0 aromatic carbocycles. The summed E-state index contributed by atoms with van der Waals surface area (Å²) in [5, 5.41) is 11.2. The van der Waals surface area contributed by atoms with Gasteiger partial charge in [-0.05, 0) is 13.0 Å². The van der Waals surface area contributed by atoms with E-state index in [0.717, 1.165) is 19.5 Å². The molecule has 2 aromatic rings. The zero-order valence-corrected chi connectivity index (χ0v) is 13.0. The van der Waals surface area contributed by atoms with Crippen LogP contribution in [0.3, 0.4) is 0 Å². The van der Waals surface area contributed by atoms with Gasteiger partial charge in [0, 0.05) is 26.0 Å². The van der Waals surface area contributed by atoms with Gasteiger partial charge >= 0.3 is 0 Å². The third-order valence-electron chi connectivity index (χ3n) is 2.82. The smallest absolute Gasteiger partial charge is 0.265 e. The van der Waals surface area contributed by atoms with Crippen LogP contribution in [0, 0.1) is 0 Å². The number of nitrogens with one attached hydrogen (secondary N) is 2. The molecule has 0 atom stereocenters. The lowest BCUT2D eigenvalue weighted by Gasteiger charge is -2.03. The number of nitrogens with zero attached hydrogens (tertiary/aromatic N) is 4. The summed E-state index contributed by atoms with van der Waals surface area (Å²) in [5.74, 6) is 0. The Morgan fingerprint density at radius 2 is 2.00 bits per heavy atom. The van der Waals surface area contributed by atoms with E-state index < -0.39 is 10.0 Å². The molecule has 2 N–H and O–H groups in total. The Labute approximate surface area is 124 Å². The molecule has 0 aliphatic heterocycles. The standard InChI is InChI=1S/C12H20N6O2S/c1-3-4-13-5-6-18-10-12(8-15-18)21(19,20)16-11-7-14-17(2)9-11/h7-10,13,16H,3-6H2,1-2H3. The van der Waals surface area contributed by atoms with Crippen LogP contribution in [0.15, 0.2) is 29.7 Å². The summed E-state index contributed by atoms with van der Waals surface area (Å²) in [5.41, 5.74) is 0.426. The van der Waals surface area contributed by atoms with Gasteiger partial charge in [-0.25, -0.2) is 8.42 Å². The normalized spacial score (nSPS) is 11.7. The Hall–Kier alpha value is -1.87. The first kappa shape index (κ1) is 15.5. The van der Waals surface area contributed by atoms with Crippen LogP contribution in [0.2, 0.25) is 0 Å². The van der Waals surface area contributed by atoms with Crippen molar-refractivity contribution in [2.45, 2.75) is 24.8 Å². The predicted octanol–water partition coefficient (Wildman–Crippen LogP) is 0.417. The molecule has 0 fully saturated rings. The van der Waals surface area contributed by atoms with Crippen molar-refractivity contribution in [3.63, 3.8) is 0 Å². The van der Waals surface area contributed by atoms with Crippen molar-refractivity contribution >= 4 is 15.7 Å². The number of rotatable bonds is 8. The van der Waals surface area contributed by atoms with E-state index in [4.69, 9.17) is 0 Å². The fourth-order valence-electron chi connectivity index (χ4n) is 1.79. The Bertz CT molecular complexity index is 675. The van der Waals surface area contributed by atoms with E-state index in [2.05, 4.69) is 27.2 Å². The molecule has 21 heavy (non-hydrogen) atoms. The minimum Gasteiger partial charge on any atom is -0.315 e. The molecule has 0 aliphatic carbocycles. The molecule has 0 spiro atoms. The molecule has 2 rings (SSSR count). The molecule has 0 bridgehead atoms. The Morgan fingerprint density at radius 3 is 2.67 bits per heavy atom. The van der Waals surface area contributed by atoms with Crippen LogP contribution in [-0.4, -0.2) is 41.1 Å². The van der Waals surface area contributed by atoms with E-state index in [1.165, 1.54) is 23.3 Å². The molecule has 0 aliphatic rings. The van der Waals surface area contributed by atoms with Gasteiger partial charge in [0.2, 0.25) is 0 Å². The molecule has 116 valence electrons. The topological polar surface area (TPSA) is 93.8 Å². The van der Waals surface area contributed by atoms with Crippen LogP contribution < -0.4 is 10.0 Å². The van der Waals surface area contributed by atoms with Gasteiger partial charge in [-0.3, -0.25) is 14.1 Å². The average Bonchev–Trinajstić information content (AvgIpc) is 3.04. The maximum atomic E-state index is 12.2. The van der Waals surface area contributed by atoms with Gasteiger partial charge in [-0.2, -0.15) is 10.2 Å². The maximum Gasteiger partial charge on any atom is 0.265 e. The summed E-state index contributed by atoms with van der Waals surface area (Å²) in [6.07, 6.45) is 6.98. The molecular weight excluding hydrogens is 292 g/mol. The Balaban J connectivity index is 1.98. The van der Waals surface area contributed by atoms with Crippen molar-refractivity contribution in [2.75, 3.05) is 17.8 Å². The monoisotopic (exact) mass is 312 g/mol. The van der Waals surface area contributed by atoms with Gasteiger partial charge in [-0.15, -0.1) is 0 Å². The fraction of sp³-hybridized carbons (Fsp3) is 0.500. The summed E-state index contributed by atoms with van der Waals surface area (Å²) in [7, 11) is -1.90. The van der Waals surface area contributed by atoms with E-state index >= 15 is 0 Å². The maximum absolute atomic E-state index is 12.2. The summed E-state index contributed by atoms with van der Waals surface area (Å²) in [4.78, 5) is 0.141. The number of aromatic nitrogens is 4. The highest BCUT2D eigenvalue weighted by Gasteiger charge is 2.17. The SMILES string of the molecule is CCCNCCn1cc(S(=O)(=O)Nc2cnn(C)c2)cn1. The Kier molecular flexibility index (Phi) is 4.97. The van der Waals surface area contributed by atoms with Gasteiger partial charge in [0.1, 0.15) is 4.90 Å². The van der Waals surface area contributed by atoms with E-state index in [9.17, 15) is 8.42 Å². The van der Waals surface area contributed by atoms with Crippen molar-refractivity contribution in [2.24, 2.45) is 7.05 Å². The second-order valence-electron chi connectivity index (χ2n) is 4.70. The second kappa shape index (κ2) is 6.72. The van der Waals surface area contributed by atoms with Gasteiger partial charge in [-0.1, -0.05) is 6.92 Å². The van der Waals surface area contributed by atoms with Crippen molar-refractivity contribution in [1.82, 2.24) is 24.9 Å². The zero-order chi connectivity index (χ0) is 15.3. The van der Waals surface area contributed by atoms with E-state index in [1.807, 2.05) is 0 Å². The van der Waals surface area contributed by atoms with Crippen LogP contribution in [0.1, 0.15) is 13.3 Å². The lowest BCUT2D eigenvalue weighted by molar-refractivity contribution is 0.552. The first-order chi connectivity index (χ1) is 10.0. The molecule has 2 aromatic heterocycles. The molecular formula is C12H20N6O2S. The summed E-state index contributed by atoms with van der Waals surface area (Å²) < 4.78 is 30.0. The zero-order valence-electron chi connectivity index (χ0n) is 12.2. The molecule has 8 nitrogen and oxygen atoms in total. The van der Waals surface area contributed by atoms with E-state index in [1.54, 1.807) is 17.9 Å². The van der Waals surface area contributed by atoms with Crippen LogP contribution in [0.5, 0.6) is 0 Å². The number of hydrogen-bond donors (Lipinski definition) is 2. The van der Waals surface area contributed by atoms with Crippen LogP contribution >= 0.6 is 0 Å². The number of aryl methyl sites for hydroxylation is 1. The van der Waals surface area contributed by atoms with Gasteiger partial charge in [0.25, 0.3) is 10.0 Å². The first-order valence-electron chi connectivity index (χ1n) is 6.76. The lowest BCUT2D eigenvalue weighted by Crippen LogP contribution is -2.20. The number of hydrogen-bond acceptors (Lipinski definition) is 5. The number of sulfonamides is 1. The third-order valence-corrected chi connectivity index (χ3v) is 4.16. The van der Waals surface area contributed by atoms with Gasteiger partial charge in [0.05, 0.1) is 24.6 Å². The van der Waals surface area contributed by atoms with Crippen LogP contribution in [-0.2, 0) is 23.6 Å². The first-order valence-corrected chi connectivity index (χ1v) is 8.24. The van der Waals surface area contributed by atoms with E-state index in [0.29, 0.717) is 12.2 Å². The van der Waals surface area contributed by atoms with Gasteiger partial charge < -0.3 is 5.32 Å². The average molecular weight is 312 g/mol. The Morgan fingerprint density at radius 1 is 1.19 bits per heavy atom. The highest BCUT2D eigenvalue weighted by Crippen LogP contribution is 2.14. The van der Waals surface area contributed by atoms with Crippen molar-refractivity contribution in [3.8, 4) is 0 Å². The van der Waals surface area contributed by atoms with Crippen molar-refractivity contribution < 1.29 is 8.42 Å². The highest BCUT2D eigenvalue weighted by atomic mass is 32.2. The minimum absolute atomic E-state index is 0.141. The molecule has 9 heteroatoms. The summed E-state index contributed by atoms with van der Waals surface area (Å²) >= 11 is 0.